The number of anilines is 1. The fraction of sp³-hybridized carbons (Fsp3) is 0.462. The van der Waals surface area contributed by atoms with E-state index in [1.807, 2.05) is 18.2 Å². The number of carbonyl (C=O) groups excluding carboxylic acids is 1. The summed E-state index contributed by atoms with van der Waals surface area (Å²) in [4.78, 5) is 15.9. The van der Waals surface area contributed by atoms with Gasteiger partial charge in [-0.25, -0.2) is 0 Å². The van der Waals surface area contributed by atoms with Gasteiger partial charge in [-0.3, -0.25) is 4.79 Å². The van der Waals surface area contributed by atoms with Crippen LogP contribution in [0.2, 0.25) is 0 Å². The molecule has 1 heterocycles. The summed E-state index contributed by atoms with van der Waals surface area (Å²) >= 11 is 0. The molecule has 0 radical (unpaired) electrons. The number of nitrogens with zero attached hydrogens (tertiary/aromatic N) is 2. The van der Waals surface area contributed by atoms with Gasteiger partial charge in [0, 0.05) is 31.9 Å². The number of likely N-dealkylation sites (N-methyl/N-ethyl adjacent to an activating group) is 1. The van der Waals surface area contributed by atoms with E-state index < -0.39 is 0 Å². The van der Waals surface area contributed by atoms with Crippen molar-refractivity contribution in [2.24, 2.45) is 11.5 Å². The number of amides is 1. The van der Waals surface area contributed by atoms with E-state index >= 15 is 0 Å². The number of piperazine rings is 1. The molecule has 0 aromatic heterocycles. The minimum Gasteiger partial charge on any atom is -0.366 e. The van der Waals surface area contributed by atoms with Gasteiger partial charge in [0.1, 0.15) is 0 Å². The van der Waals surface area contributed by atoms with Crippen molar-refractivity contribution in [3.8, 4) is 0 Å². The maximum atomic E-state index is 11.5. The minimum absolute atomic E-state index is 0.226. The molecule has 5 nitrogen and oxygen atoms in total. The Kier molecular flexibility index (Phi) is 3.84. The lowest BCUT2D eigenvalue weighted by Crippen LogP contribution is -2.55. The highest BCUT2D eigenvalue weighted by Gasteiger charge is 2.26. The van der Waals surface area contributed by atoms with E-state index in [0.29, 0.717) is 12.1 Å². The fourth-order valence-electron chi connectivity index (χ4n) is 2.46. The van der Waals surface area contributed by atoms with Crippen LogP contribution in [0.3, 0.4) is 0 Å². The molecule has 1 aliphatic rings. The highest BCUT2D eigenvalue weighted by atomic mass is 16.1. The average Bonchev–Trinajstić information content (AvgIpc) is 2.38. The molecule has 0 aliphatic carbocycles. The molecule has 98 valence electrons. The molecule has 1 atom stereocenters. The number of hydrogen-bond donors (Lipinski definition) is 2. The van der Waals surface area contributed by atoms with Gasteiger partial charge in [-0.05, 0) is 19.2 Å². The predicted octanol–water partition coefficient (Wildman–Crippen LogP) is -0.135. The number of rotatable bonds is 3. The lowest BCUT2D eigenvalue weighted by atomic mass is 10.1. The summed E-state index contributed by atoms with van der Waals surface area (Å²) in [6.07, 6.45) is 0. The molecule has 1 saturated heterocycles. The third kappa shape index (κ3) is 2.47. The molecule has 1 fully saturated rings. The van der Waals surface area contributed by atoms with Gasteiger partial charge in [0.05, 0.1) is 11.6 Å². The third-order valence-corrected chi connectivity index (χ3v) is 3.44. The summed E-state index contributed by atoms with van der Waals surface area (Å²) in [6, 6.07) is 7.69. The van der Waals surface area contributed by atoms with Crippen molar-refractivity contribution in [2.45, 2.75) is 6.04 Å². The van der Waals surface area contributed by atoms with Crippen LogP contribution in [0.4, 0.5) is 5.69 Å². The lowest BCUT2D eigenvalue weighted by molar-refractivity contribution is 0.100. The maximum Gasteiger partial charge on any atom is 0.250 e. The summed E-state index contributed by atoms with van der Waals surface area (Å²) in [5.41, 5.74) is 12.7. The second kappa shape index (κ2) is 5.37. The smallest absolute Gasteiger partial charge is 0.250 e. The zero-order chi connectivity index (χ0) is 13.1. The molecule has 0 spiro atoms. The number of nitrogens with two attached hydrogens (primary N) is 2. The standard InChI is InChI=1S/C13H20N4O/c1-16-6-7-17(10(8-14)9-16)12-5-3-2-4-11(12)13(15)18/h2-5,10H,6-9,14H2,1H3,(H2,15,18). The van der Waals surface area contributed by atoms with Crippen molar-refractivity contribution in [3.05, 3.63) is 29.8 Å². The molecule has 0 saturated carbocycles. The van der Waals surface area contributed by atoms with Gasteiger partial charge in [-0.2, -0.15) is 0 Å². The molecular weight excluding hydrogens is 228 g/mol. The number of primary amides is 1. The van der Waals surface area contributed by atoms with E-state index in [2.05, 4.69) is 16.8 Å². The second-order valence-electron chi connectivity index (χ2n) is 4.73. The maximum absolute atomic E-state index is 11.5. The topological polar surface area (TPSA) is 75.6 Å². The van der Waals surface area contributed by atoms with Crippen molar-refractivity contribution in [1.29, 1.82) is 0 Å². The summed E-state index contributed by atoms with van der Waals surface area (Å²) in [6.45, 7) is 3.30. The Balaban J connectivity index is 2.32. The molecule has 1 aromatic rings. The highest BCUT2D eigenvalue weighted by molar-refractivity contribution is 5.98. The van der Waals surface area contributed by atoms with Gasteiger partial charge >= 0.3 is 0 Å². The van der Waals surface area contributed by atoms with Crippen molar-refractivity contribution < 1.29 is 4.79 Å². The van der Waals surface area contributed by atoms with Gasteiger partial charge in [-0.1, -0.05) is 12.1 Å². The molecule has 1 amide bonds. The van der Waals surface area contributed by atoms with Crippen LogP contribution in [-0.4, -0.2) is 50.1 Å². The predicted molar refractivity (Wildman–Crippen MR) is 72.6 cm³/mol. The highest BCUT2D eigenvalue weighted by Crippen LogP contribution is 2.24. The van der Waals surface area contributed by atoms with Crippen LogP contribution >= 0.6 is 0 Å². The molecule has 1 aliphatic heterocycles. The normalized spacial score (nSPS) is 21.0. The Morgan fingerprint density at radius 2 is 2.11 bits per heavy atom. The number of carbonyl (C=O) groups is 1. The Morgan fingerprint density at radius 3 is 2.78 bits per heavy atom. The van der Waals surface area contributed by atoms with Gasteiger partial charge in [-0.15, -0.1) is 0 Å². The quantitative estimate of drug-likeness (QED) is 0.781. The largest absolute Gasteiger partial charge is 0.366 e. The van der Waals surface area contributed by atoms with Crippen LogP contribution in [0.1, 0.15) is 10.4 Å². The minimum atomic E-state index is -0.389. The second-order valence-corrected chi connectivity index (χ2v) is 4.73. The van der Waals surface area contributed by atoms with Crippen LogP contribution in [0.25, 0.3) is 0 Å². The average molecular weight is 248 g/mol. The SMILES string of the molecule is CN1CCN(c2ccccc2C(N)=O)C(CN)C1. The zero-order valence-corrected chi connectivity index (χ0v) is 10.7. The van der Waals surface area contributed by atoms with Gasteiger partial charge in [0.25, 0.3) is 5.91 Å². The number of benzene rings is 1. The third-order valence-electron chi connectivity index (χ3n) is 3.44. The first-order chi connectivity index (χ1) is 8.63. The van der Waals surface area contributed by atoms with Crippen molar-refractivity contribution in [2.75, 3.05) is 38.1 Å². The first-order valence-electron chi connectivity index (χ1n) is 6.17. The Bertz CT molecular complexity index is 435. The molecule has 1 unspecified atom stereocenters. The van der Waals surface area contributed by atoms with E-state index in [9.17, 15) is 4.79 Å². The van der Waals surface area contributed by atoms with Crippen molar-refractivity contribution >= 4 is 11.6 Å². The van der Waals surface area contributed by atoms with Crippen LogP contribution in [-0.2, 0) is 0 Å². The molecule has 2 rings (SSSR count). The van der Waals surface area contributed by atoms with Crippen LogP contribution < -0.4 is 16.4 Å². The zero-order valence-electron chi connectivity index (χ0n) is 10.7. The molecule has 0 bridgehead atoms. The first-order valence-corrected chi connectivity index (χ1v) is 6.17. The van der Waals surface area contributed by atoms with Crippen LogP contribution in [0.15, 0.2) is 24.3 Å². The molecule has 4 N–H and O–H groups in total. The molecule has 1 aromatic carbocycles. The van der Waals surface area contributed by atoms with Gasteiger partial charge in [0.15, 0.2) is 0 Å². The van der Waals surface area contributed by atoms with Crippen molar-refractivity contribution in [3.63, 3.8) is 0 Å². The summed E-state index contributed by atoms with van der Waals surface area (Å²) in [5, 5.41) is 0. The summed E-state index contributed by atoms with van der Waals surface area (Å²) in [7, 11) is 2.08. The van der Waals surface area contributed by atoms with E-state index in [1.54, 1.807) is 6.07 Å². The van der Waals surface area contributed by atoms with Crippen LogP contribution in [0.5, 0.6) is 0 Å². The van der Waals surface area contributed by atoms with E-state index in [0.717, 1.165) is 25.3 Å². The van der Waals surface area contributed by atoms with Crippen molar-refractivity contribution in [1.82, 2.24) is 4.90 Å². The van der Waals surface area contributed by atoms with E-state index in [4.69, 9.17) is 11.5 Å². The fourth-order valence-corrected chi connectivity index (χ4v) is 2.46. The van der Waals surface area contributed by atoms with Gasteiger partial charge in [0.2, 0.25) is 0 Å². The Labute approximate surface area is 107 Å². The molecular formula is C13H20N4O. The lowest BCUT2D eigenvalue weighted by Gasteiger charge is -2.41. The van der Waals surface area contributed by atoms with Gasteiger partial charge < -0.3 is 21.3 Å². The first kappa shape index (κ1) is 12.9. The van der Waals surface area contributed by atoms with E-state index in [-0.39, 0.29) is 11.9 Å². The summed E-state index contributed by atoms with van der Waals surface area (Å²) in [5.74, 6) is -0.389. The Hall–Kier alpha value is -1.59. The monoisotopic (exact) mass is 248 g/mol. The van der Waals surface area contributed by atoms with Crippen LogP contribution in [0, 0.1) is 0 Å². The summed E-state index contributed by atoms with van der Waals surface area (Å²) < 4.78 is 0. The number of hydrogen-bond acceptors (Lipinski definition) is 4. The Morgan fingerprint density at radius 1 is 1.39 bits per heavy atom. The molecule has 18 heavy (non-hydrogen) atoms. The molecule has 5 heteroatoms. The number of para-hydroxylation sites is 1. The van der Waals surface area contributed by atoms with E-state index in [1.165, 1.54) is 0 Å².